The third-order valence-corrected chi connectivity index (χ3v) is 5.15. The van der Waals surface area contributed by atoms with Crippen LogP contribution < -0.4 is 0 Å². The zero-order valence-electron chi connectivity index (χ0n) is 6.83. The topological polar surface area (TPSA) is 23.6 Å². The molecule has 0 spiro atoms. The molecule has 0 bridgehead atoms. The number of alkyl halides is 1. The van der Waals surface area contributed by atoms with Crippen LogP contribution in [-0.2, 0) is 4.57 Å². The molecule has 10 heavy (non-hydrogen) atoms. The maximum absolute atomic E-state index is 11.7. The maximum Gasteiger partial charge on any atom is 0.229 e. The van der Waals surface area contributed by atoms with E-state index in [1.807, 2.05) is 0 Å². The Morgan fingerprint density at radius 2 is 1.50 bits per heavy atom. The van der Waals surface area contributed by atoms with Crippen molar-refractivity contribution in [3.63, 3.8) is 0 Å². The van der Waals surface area contributed by atoms with Gasteiger partial charge in [-0.3, -0.25) is 4.57 Å². The van der Waals surface area contributed by atoms with E-state index in [0.717, 1.165) is 0 Å². The molecule has 0 fully saturated rings. The molecule has 0 saturated heterocycles. The molecule has 5 heteroatoms. The fourth-order valence-corrected chi connectivity index (χ4v) is 3.00. The first kappa shape index (κ1) is 10.4. The van der Waals surface area contributed by atoms with Gasteiger partial charge < -0.3 is 0 Å². The second kappa shape index (κ2) is 3.72. The van der Waals surface area contributed by atoms with Crippen molar-refractivity contribution in [1.29, 1.82) is 0 Å². The highest BCUT2D eigenvalue weighted by Crippen LogP contribution is 2.49. The minimum Gasteiger partial charge on any atom is -0.288 e. The van der Waals surface area contributed by atoms with Crippen LogP contribution in [0.1, 0.15) is 0 Å². The van der Waals surface area contributed by atoms with Crippen LogP contribution in [0.2, 0.25) is 0 Å². The lowest BCUT2D eigenvalue weighted by molar-refractivity contribution is 0.453. The average Bonchev–Trinajstić information content (AvgIpc) is 1.85. The van der Waals surface area contributed by atoms with Crippen LogP contribution in [0.25, 0.3) is 0 Å². The molecule has 0 aliphatic carbocycles. The van der Waals surface area contributed by atoms with Gasteiger partial charge in [0.25, 0.3) is 0 Å². The summed E-state index contributed by atoms with van der Waals surface area (Å²) in [5.74, 6) is 0. The zero-order chi connectivity index (χ0) is 8.36. The quantitative estimate of drug-likeness (QED) is 0.491. The largest absolute Gasteiger partial charge is 0.288 e. The summed E-state index contributed by atoms with van der Waals surface area (Å²) in [5, 5.41) is 0. The second-order valence-corrected chi connectivity index (χ2v) is 6.36. The molecule has 0 aromatic rings. The molecule has 3 nitrogen and oxygen atoms in total. The SMILES string of the molecule is CN(C)P(=O)(CCl)N(C)C. The lowest BCUT2D eigenvalue weighted by atomic mass is 11.3. The van der Waals surface area contributed by atoms with Crippen LogP contribution in [0.4, 0.5) is 0 Å². The molecule has 62 valence electrons. The first-order chi connectivity index (χ1) is 4.45. The van der Waals surface area contributed by atoms with E-state index in [1.54, 1.807) is 37.5 Å². The molecule has 0 aromatic heterocycles. The Morgan fingerprint density at radius 1 is 1.20 bits per heavy atom. The van der Waals surface area contributed by atoms with Gasteiger partial charge in [0, 0.05) is 0 Å². The Morgan fingerprint density at radius 3 is 1.50 bits per heavy atom. The summed E-state index contributed by atoms with van der Waals surface area (Å²) in [5.41, 5.74) is 0.174. The Balaban J connectivity index is 4.40. The average molecular weight is 185 g/mol. The van der Waals surface area contributed by atoms with Crippen LogP contribution in [0.15, 0.2) is 0 Å². The van der Waals surface area contributed by atoms with E-state index < -0.39 is 7.44 Å². The van der Waals surface area contributed by atoms with Gasteiger partial charge in [-0.05, 0) is 28.2 Å². The van der Waals surface area contributed by atoms with Gasteiger partial charge in [0.2, 0.25) is 7.44 Å². The Labute approximate surface area is 67.4 Å². The molecule has 0 heterocycles. The first-order valence-electron chi connectivity index (χ1n) is 2.95. The molecule has 0 atom stereocenters. The molecule has 0 unspecified atom stereocenters. The van der Waals surface area contributed by atoms with Gasteiger partial charge in [-0.2, -0.15) is 0 Å². The molecular weight excluding hydrogens is 170 g/mol. The van der Waals surface area contributed by atoms with Crippen molar-refractivity contribution >= 4 is 19.0 Å². The highest BCUT2D eigenvalue weighted by atomic mass is 35.5. The van der Waals surface area contributed by atoms with E-state index in [4.69, 9.17) is 11.6 Å². The fourth-order valence-electron chi connectivity index (χ4n) is 0.572. The second-order valence-electron chi connectivity index (χ2n) is 2.48. The van der Waals surface area contributed by atoms with E-state index in [1.165, 1.54) is 0 Å². The Hall–Kier alpha value is 0.440. The van der Waals surface area contributed by atoms with Gasteiger partial charge in [-0.1, -0.05) is 0 Å². The van der Waals surface area contributed by atoms with Gasteiger partial charge in [0.05, 0.1) is 0 Å². The summed E-state index contributed by atoms with van der Waals surface area (Å²) < 4.78 is 15.0. The van der Waals surface area contributed by atoms with Crippen LogP contribution in [0, 0.1) is 0 Å². The zero-order valence-corrected chi connectivity index (χ0v) is 8.49. The molecule has 0 rings (SSSR count). The Bertz CT molecular complexity index is 137. The molecule has 0 radical (unpaired) electrons. The first-order valence-corrected chi connectivity index (χ1v) is 5.29. The smallest absolute Gasteiger partial charge is 0.229 e. The summed E-state index contributed by atoms with van der Waals surface area (Å²) in [6.45, 7) is 0. The van der Waals surface area contributed by atoms with E-state index in [-0.39, 0.29) is 5.62 Å². The highest BCUT2D eigenvalue weighted by molar-refractivity contribution is 7.60. The van der Waals surface area contributed by atoms with Crippen molar-refractivity contribution in [2.75, 3.05) is 33.8 Å². The molecule has 0 amide bonds. The number of nitrogens with zero attached hydrogens (tertiary/aromatic N) is 2. The summed E-state index contributed by atoms with van der Waals surface area (Å²) in [6.07, 6.45) is 0. The third-order valence-electron chi connectivity index (χ3n) is 1.41. The minimum absolute atomic E-state index is 0.174. The number of halogens is 1. The van der Waals surface area contributed by atoms with Crippen molar-refractivity contribution in [1.82, 2.24) is 9.34 Å². The summed E-state index contributed by atoms with van der Waals surface area (Å²) in [7, 11) is 4.66. The van der Waals surface area contributed by atoms with Crippen molar-refractivity contribution in [3.8, 4) is 0 Å². The number of rotatable bonds is 3. The number of hydrogen-bond donors (Lipinski definition) is 0. The van der Waals surface area contributed by atoms with Gasteiger partial charge in [0.1, 0.15) is 5.62 Å². The van der Waals surface area contributed by atoms with Crippen LogP contribution >= 0.6 is 19.0 Å². The van der Waals surface area contributed by atoms with E-state index in [9.17, 15) is 4.57 Å². The molecule has 0 saturated carbocycles. The fraction of sp³-hybridized carbons (Fsp3) is 1.00. The van der Waals surface area contributed by atoms with Gasteiger partial charge in [-0.15, -0.1) is 11.6 Å². The lowest BCUT2D eigenvalue weighted by Crippen LogP contribution is -2.21. The van der Waals surface area contributed by atoms with Crippen LogP contribution in [0.5, 0.6) is 0 Å². The minimum atomic E-state index is -2.41. The predicted molar refractivity (Wildman–Crippen MR) is 45.7 cm³/mol. The van der Waals surface area contributed by atoms with Gasteiger partial charge >= 0.3 is 0 Å². The molecule has 0 aliphatic rings. The van der Waals surface area contributed by atoms with E-state index in [0.29, 0.717) is 0 Å². The lowest BCUT2D eigenvalue weighted by Gasteiger charge is -2.28. The summed E-state index contributed by atoms with van der Waals surface area (Å²) in [6, 6.07) is 0. The van der Waals surface area contributed by atoms with Crippen molar-refractivity contribution < 1.29 is 4.57 Å². The molecule has 0 N–H and O–H groups in total. The number of hydrogen-bond acceptors (Lipinski definition) is 1. The monoisotopic (exact) mass is 184 g/mol. The van der Waals surface area contributed by atoms with Crippen molar-refractivity contribution in [2.45, 2.75) is 0 Å². The molecular formula is C5H14ClN2OP. The summed E-state index contributed by atoms with van der Waals surface area (Å²) in [4.78, 5) is 0. The molecule has 0 aromatic carbocycles. The normalized spacial score (nSPS) is 13.1. The van der Waals surface area contributed by atoms with Crippen LogP contribution in [0.3, 0.4) is 0 Å². The van der Waals surface area contributed by atoms with E-state index >= 15 is 0 Å². The Kier molecular flexibility index (Phi) is 3.89. The van der Waals surface area contributed by atoms with Crippen molar-refractivity contribution in [3.05, 3.63) is 0 Å². The van der Waals surface area contributed by atoms with Crippen molar-refractivity contribution in [2.24, 2.45) is 0 Å². The third kappa shape index (κ3) is 1.96. The van der Waals surface area contributed by atoms with Crippen LogP contribution in [-0.4, -0.2) is 43.2 Å². The predicted octanol–water partition coefficient (Wildman–Crippen LogP) is 1.50. The molecule has 0 aliphatic heterocycles. The highest BCUT2D eigenvalue weighted by Gasteiger charge is 2.25. The standard InChI is InChI=1S/C5H14ClN2OP/c1-7(2)10(9,5-6)8(3)4/h5H2,1-4H3. The summed E-state index contributed by atoms with van der Waals surface area (Å²) >= 11 is 5.55. The van der Waals surface area contributed by atoms with E-state index in [2.05, 4.69) is 0 Å². The van der Waals surface area contributed by atoms with Gasteiger partial charge in [0.15, 0.2) is 0 Å². The maximum atomic E-state index is 11.7. The van der Waals surface area contributed by atoms with Gasteiger partial charge in [-0.25, -0.2) is 9.34 Å².